The van der Waals surface area contributed by atoms with Crippen LogP contribution in [0, 0.1) is 17.8 Å². The topological polar surface area (TPSA) is 12.0 Å². The van der Waals surface area contributed by atoms with Crippen LogP contribution in [0.3, 0.4) is 0 Å². The normalized spacial score (nSPS) is 40.6. The van der Waals surface area contributed by atoms with E-state index in [4.69, 9.17) is 0 Å². The molecule has 0 bridgehead atoms. The molecule has 3 unspecified atom stereocenters. The molecule has 0 aromatic carbocycles. The van der Waals surface area contributed by atoms with Gasteiger partial charge in [-0.2, -0.15) is 0 Å². The molecule has 0 spiro atoms. The SMILES string of the molecule is C1=CC2CC=C3NCCC3C2C=C1. The van der Waals surface area contributed by atoms with Gasteiger partial charge in [-0.25, -0.2) is 0 Å². The minimum Gasteiger partial charge on any atom is -0.388 e. The van der Waals surface area contributed by atoms with Gasteiger partial charge in [0.05, 0.1) is 0 Å². The van der Waals surface area contributed by atoms with Gasteiger partial charge >= 0.3 is 0 Å². The molecule has 1 aliphatic heterocycles. The molecule has 2 aliphatic carbocycles. The molecule has 1 heteroatoms. The van der Waals surface area contributed by atoms with Gasteiger partial charge < -0.3 is 5.32 Å². The van der Waals surface area contributed by atoms with Crippen molar-refractivity contribution in [2.75, 3.05) is 6.54 Å². The van der Waals surface area contributed by atoms with Gasteiger partial charge in [-0.15, -0.1) is 0 Å². The van der Waals surface area contributed by atoms with Gasteiger partial charge in [-0.3, -0.25) is 0 Å². The van der Waals surface area contributed by atoms with Crippen LogP contribution < -0.4 is 5.32 Å². The maximum atomic E-state index is 3.49. The smallest absolute Gasteiger partial charge is 0.0150 e. The maximum Gasteiger partial charge on any atom is 0.0150 e. The maximum absolute atomic E-state index is 3.49. The molecule has 1 fully saturated rings. The molecule has 0 aromatic heterocycles. The number of fused-ring (bicyclic) bond motifs is 3. The molecular weight excluding hydrogens is 158 g/mol. The summed E-state index contributed by atoms with van der Waals surface area (Å²) in [5.74, 6) is 2.35. The van der Waals surface area contributed by atoms with Gasteiger partial charge in [0, 0.05) is 18.2 Å². The van der Waals surface area contributed by atoms with Crippen molar-refractivity contribution in [3.05, 3.63) is 36.1 Å². The average molecular weight is 173 g/mol. The van der Waals surface area contributed by atoms with Crippen molar-refractivity contribution < 1.29 is 0 Å². The van der Waals surface area contributed by atoms with Crippen molar-refractivity contribution in [3.8, 4) is 0 Å². The number of allylic oxidation sites excluding steroid dienone is 6. The average Bonchev–Trinajstić information content (AvgIpc) is 2.65. The van der Waals surface area contributed by atoms with Crippen molar-refractivity contribution in [1.29, 1.82) is 0 Å². The largest absolute Gasteiger partial charge is 0.388 e. The van der Waals surface area contributed by atoms with E-state index in [1.165, 1.54) is 25.1 Å². The monoisotopic (exact) mass is 173 g/mol. The lowest BCUT2D eigenvalue weighted by atomic mass is 9.72. The van der Waals surface area contributed by atoms with E-state index in [1.807, 2.05) is 0 Å². The Morgan fingerprint density at radius 3 is 3.15 bits per heavy atom. The molecular formula is C12H15N. The Hall–Kier alpha value is -0.980. The molecule has 1 saturated heterocycles. The molecule has 68 valence electrons. The predicted octanol–water partition coefficient (Wildman–Crippen LogP) is 2.24. The quantitative estimate of drug-likeness (QED) is 0.592. The van der Waals surface area contributed by atoms with Crippen molar-refractivity contribution in [1.82, 2.24) is 5.32 Å². The predicted molar refractivity (Wildman–Crippen MR) is 54.1 cm³/mol. The zero-order valence-electron chi connectivity index (χ0n) is 7.74. The summed E-state index contributed by atoms with van der Waals surface area (Å²) in [5, 5.41) is 3.49. The first kappa shape index (κ1) is 7.43. The van der Waals surface area contributed by atoms with E-state index in [9.17, 15) is 0 Å². The molecule has 0 aromatic rings. The van der Waals surface area contributed by atoms with Gasteiger partial charge in [-0.1, -0.05) is 30.4 Å². The molecule has 0 radical (unpaired) electrons. The van der Waals surface area contributed by atoms with Crippen molar-refractivity contribution >= 4 is 0 Å². The summed E-state index contributed by atoms with van der Waals surface area (Å²) < 4.78 is 0. The first-order chi connectivity index (χ1) is 6.45. The van der Waals surface area contributed by atoms with Gasteiger partial charge in [-0.05, 0) is 24.7 Å². The highest BCUT2D eigenvalue weighted by Gasteiger charge is 2.35. The van der Waals surface area contributed by atoms with Crippen LogP contribution in [-0.2, 0) is 0 Å². The second-order valence-corrected chi connectivity index (χ2v) is 4.23. The first-order valence-electron chi connectivity index (χ1n) is 5.24. The molecule has 1 heterocycles. The van der Waals surface area contributed by atoms with E-state index < -0.39 is 0 Å². The summed E-state index contributed by atoms with van der Waals surface area (Å²) >= 11 is 0. The van der Waals surface area contributed by atoms with Crippen LogP contribution in [0.1, 0.15) is 12.8 Å². The third kappa shape index (κ3) is 1.06. The van der Waals surface area contributed by atoms with Crippen LogP contribution in [0.4, 0.5) is 0 Å². The fourth-order valence-electron chi connectivity index (χ4n) is 2.88. The first-order valence-corrected chi connectivity index (χ1v) is 5.24. The number of hydrogen-bond acceptors (Lipinski definition) is 1. The van der Waals surface area contributed by atoms with Crippen molar-refractivity contribution in [2.24, 2.45) is 17.8 Å². The summed E-state index contributed by atoms with van der Waals surface area (Å²) in [6, 6.07) is 0. The summed E-state index contributed by atoms with van der Waals surface area (Å²) in [4.78, 5) is 0. The molecule has 3 atom stereocenters. The highest BCUT2D eigenvalue weighted by atomic mass is 14.9. The van der Waals surface area contributed by atoms with Crippen LogP contribution in [0.25, 0.3) is 0 Å². The lowest BCUT2D eigenvalue weighted by molar-refractivity contribution is 0.344. The second-order valence-electron chi connectivity index (χ2n) is 4.23. The molecule has 1 N–H and O–H groups in total. The Morgan fingerprint density at radius 1 is 1.23 bits per heavy atom. The highest BCUT2D eigenvalue weighted by Crippen LogP contribution is 2.41. The second kappa shape index (κ2) is 2.76. The van der Waals surface area contributed by atoms with Crippen LogP contribution in [0.5, 0.6) is 0 Å². The molecule has 3 rings (SSSR count). The molecule has 0 saturated carbocycles. The Balaban J connectivity index is 1.95. The van der Waals surface area contributed by atoms with Gasteiger partial charge in [0.15, 0.2) is 0 Å². The Bertz CT molecular complexity index is 298. The van der Waals surface area contributed by atoms with Crippen LogP contribution >= 0.6 is 0 Å². The Labute approximate surface area is 79.2 Å². The summed E-state index contributed by atoms with van der Waals surface area (Å²) in [6.07, 6.45) is 14.1. The summed E-state index contributed by atoms with van der Waals surface area (Å²) in [6.45, 7) is 1.18. The Morgan fingerprint density at radius 2 is 2.15 bits per heavy atom. The molecule has 3 aliphatic rings. The van der Waals surface area contributed by atoms with E-state index in [2.05, 4.69) is 35.7 Å². The van der Waals surface area contributed by atoms with E-state index in [1.54, 1.807) is 0 Å². The fraction of sp³-hybridized carbons (Fsp3) is 0.500. The standard InChI is InChI=1S/C12H15N/c1-2-4-10-9(3-1)5-6-12-11(10)7-8-13-12/h1-4,6,9-11,13H,5,7-8H2. The zero-order valence-corrected chi connectivity index (χ0v) is 7.74. The molecule has 1 nitrogen and oxygen atoms in total. The van der Waals surface area contributed by atoms with Gasteiger partial charge in [0.2, 0.25) is 0 Å². The summed E-state index contributed by atoms with van der Waals surface area (Å²) in [7, 11) is 0. The minimum atomic E-state index is 0.777. The van der Waals surface area contributed by atoms with E-state index in [0.29, 0.717) is 0 Å². The fourth-order valence-corrected chi connectivity index (χ4v) is 2.88. The van der Waals surface area contributed by atoms with E-state index in [0.717, 1.165) is 17.8 Å². The third-order valence-corrected chi connectivity index (χ3v) is 3.56. The zero-order chi connectivity index (χ0) is 8.67. The van der Waals surface area contributed by atoms with Gasteiger partial charge in [0.25, 0.3) is 0 Å². The van der Waals surface area contributed by atoms with Crippen LogP contribution in [0.2, 0.25) is 0 Å². The van der Waals surface area contributed by atoms with Gasteiger partial charge in [0.1, 0.15) is 0 Å². The minimum absolute atomic E-state index is 0.777. The van der Waals surface area contributed by atoms with Crippen LogP contribution in [0.15, 0.2) is 36.1 Å². The van der Waals surface area contributed by atoms with Crippen molar-refractivity contribution in [3.63, 3.8) is 0 Å². The number of rotatable bonds is 0. The van der Waals surface area contributed by atoms with E-state index in [-0.39, 0.29) is 0 Å². The summed E-state index contributed by atoms with van der Waals surface area (Å²) in [5.41, 5.74) is 1.52. The third-order valence-electron chi connectivity index (χ3n) is 3.56. The lowest BCUT2D eigenvalue weighted by Gasteiger charge is -2.33. The highest BCUT2D eigenvalue weighted by molar-refractivity contribution is 5.25. The van der Waals surface area contributed by atoms with Crippen LogP contribution in [-0.4, -0.2) is 6.54 Å². The lowest BCUT2D eigenvalue weighted by Crippen LogP contribution is -2.26. The van der Waals surface area contributed by atoms with Crippen molar-refractivity contribution in [2.45, 2.75) is 12.8 Å². The Kier molecular flexibility index (Phi) is 1.58. The van der Waals surface area contributed by atoms with E-state index >= 15 is 0 Å². The number of nitrogens with one attached hydrogen (secondary N) is 1. The number of hydrogen-bond donors (Lipinski definition) is 1. The molecule has 0 amide bonds. The molecule has 13 heavy (non-hydrogen) atoms.